The number of nitrogens with zero attached hydrogens (tertiary/aromatic N) is 2. The van der Waals surface area contributed by atoms with Crippen LogP contribution in [0.3, 0.4) is 0 Å². The van der Waals surface area contributed by atoms with Crippen molar-refractivity contribution >= 4 is 63.1 Å². The van der Waals surface area contributed by atoms with Gasteiger partial charge in [0.05, 0.1) is 21.8 Å². The standard InChI is InChI=1S/C20H16Cl2FN3OS/c21-12-1-4-18-14(9-12)19(25-13-2-3-17(23)16(22)10-13)15(11-24-18)20(27)26-5-7-28-8-6-26/h1-4,9-11H,5-8H2,(H,24,25). The summed E-state index contributed by atoms with van der Waals surface area (Å²) < 4.78 is 13.5. The molecule has 0 spiro atoms. The predicted octanol–water partition coefficient (Wildman–Crippen LogP) is 5.61. The minimum Gasteiger partial charge on any atom is -0.354 e. The lowest BCUT2D eigenvalue weighted by Gasteiger charge is -2.27. The second kappa shape index (κ2) is 8.15. The first-order valence-corrected chi connectivity index (χ1v) is 10.6. The lowest BCUT2D eigenvalue weighted by molar-refractivity contribution is 0.0773. The number of anilines is 2. The number of hydrogen-bond acceptors (Lipinski definition) is 4. The minimum atomic E-state index is -0.503. The molecule has 28 heavy (non-hydrogen) atoms. The molecule has 0 saturated carbocycles. The van der Waals surface area contributed by atoms with Crippen LogP contribution in [0, 0.1) is 5.82 Å². The van der Waals surface area contributed by atoms with Gasteiger partial charge < -0.3 is 10.2 Å². The monoisotopic (exact) mass is 435 g/mol. The van der Waals surface area contributed by atoms with E-state index in [4.69, 9.17) is 23.2 Å². The summed E-state index contributed by atoms with van der Waals surface area (Å²) in [6.07, 6.45) is 1.58. The molecular weight excluding hydrogens is 420 g/mol. The number of fused-ring (bicyclic) bond motifs is 1. The molecule has 1 aliphatic rings. The van der Waals surface area contributed by atoms with E-state index in [0.717, 1.165) is 11.5 Å². The summed E-state index contributed by atoms with van der Waals surface area (Å²) in [5.74, 6) is 1.23. The third-order valence-electron chi connectivity index (χ3n) is 4.55. The van der Waals surface area contributed by atoms with E-state index in [1.807, 2.05) is 16.7 Å². The highest BCUT2D eigenvalue weighted by molar-refractivity contribution is 7.99. The predicted molar refractivity (Wildman–Crippen MR) is 115 cm³/mol. The van der Waals surface area contributed by atoms with Gasteiger partial charge in [0.25, 0.3) is 5.91 Å². The van der Waals surface area contributed by atoms with Crippen LogP contribution in [-0.4, -0.2) is 40.4 Å². The topological polar surface area (TPSA) is 45.2 Å². The summed E-state index contributed by atoms with van der Waals surface area (Å²) in [4.78, 5) is 19.4. The van der Waals surface area contributed by atoms with Crippen LogP contribution in [0.4, 0.5) is 15.8 Å². The molecule has 0 bridgehead atoms. The van der Waals surface area contributed by atoms with E-state index in [1.165, 1.54) is 12.1 Å². The maximum absolute atomic E-state index is 13.5. The van der Waals surface area contributed by atoms with Crippen LogP contribution in [-0.2, 0) is 0 Å². The molecule has 1 fully saturated rings. The van der Waals surface area contributed by atoms with Crippen molar-refractivity contribution in [2.24, 2.45) is 0 Å². The highest BCUT2D eigenvalue weighted by atomic mass is 35.5. The van der Waals surface area contributed by atoms with Crippen molar-refractivity contribution < 1.29 is 9.18 Å². The van der Waals surface area contributed by atoms with Crippen molar-refractivity contribution in [1.82, 2.24) is 9.88 Å². The maximum atomic E-state index is 13.5. The second-order valence-corrected chi connectivity index (χ2v) is 8.44. The maximum Gasteiger partial charge on any atom is 0.257 e. The second-order valence-electron chi connectivity index (χ2n) is 6.37. The number of thioether (sulfide) groups is 1. The van der Waals surface area contributed by atoms with Gasteiger partial charge in [-0.25, -0.2) is 4.39 Å². The molecule has 1 saturated heterocycles. The van der Waals surface area contributed by atoms with E-state index >= 15 is 0 Å². The van der Waals surface area contributed by atoms with Crippen LogP contribution < -0.4 is 5.32 Å². The number of benzene rings is 2. The lowest BCUT2D eigenvalue weighted by Crippen LogP contribution is -2.38. The lowest BCUT2D eigenvalue weighted by atomic mass is 10.1. The van der Waals surface area contributed by atoms with Crippen LogP contribution in [0.25, 0.3) is 10.9 Å². The van der Waals surface area contributed by atoms with Crippen LogP contribution in [0.5, 0.6) is 0 Å². The number of amides is 1. The molecule has 8 heteroatoms. The van der Waals surface area contributed by atoms with Gasteiger partial charge in [0.2, 0.25) is 0 Å². The Morgan fingerprint density at radius 3 is 2.68 bits per heavy atom. The van der Waals surface area contributed by atoms with Crippen LogP contribution in [0.1, 0.15) is 10.4 Å². The molecule has 144 valence electrons. The van der Waals surface area contributed by atoms with E-state index in [0.29, 0.717) is 46.0 Å². The fraction of sp³-hybridized carbons (Fsp3) is 0.200. The summed E-state index contributed by atoms with van der Waals surface area (Å²) in [6.45, 7) is 1.39. The zero-order valence-corrected chi connectivity index (χ0v) is 17.0. The van der Waals surface area contributed by atoms with E-state index < -0.39 is 5.82 Å². The summed E-state index contributed by atoms with van der Waals surface area (Å²) in [5, 5.41) is 4.48. The van der Waals surface area contributed by atoms with Gasteiger partial charge in [-0.2, -0.15) is 11.8 Å². The Labute approximate surface area is 176 Å². The first kappa shape index (κ1) is 19.3. The molecule has 4 rings (SSSR count). The minimum absolute atomic E-state index is 0.00215. The van der Waals surface area contributed by atoms with Crippen LogP contribution in [0.15, 0.2) is 42.6 Å². The number of halogens is 3. The van der Waals surface area contributed by atoms with Gasteiger partial charge in [-0.05, 0) is 36.4 Å². The Kier molecular flexibility index (Phi) is 5.62. The fourth-order valence-electron chi connectivity index (χ4n) is 3.12. The Morgan fingerprint density at radius 2 is 1.93 bits per heavy atom. The zero-order valence-electron chi connectivity index (χ0n) is 14.7. The number of nitrogens with one attached hydrogen (secondary N) is 1. The van der Waals surface area contributed by atoms with Crippen molar-refractivity contribution in [2.45, 2.75) is 0 Å². The molecule has 0 atom stereocenters. The summed E-state index contributed by atoms with van der Waals surface area (Å²) in [5.41, 5.74) is 2.30. The quantitative estimate of drug-likeness (QED) is 0.580. The third kappa shape index (κ3) is 3.90. The van der Waals surface area contributed by atoms with Crippen molar-refractivity contribution in [3.05, 3.63) is 64.0 Å². The fourth-order valence-corrected chi connectivity index (χ4v) is 4.37. The van der Waals surface area contributed by atoms with Gasteiger partial charge >= 0.3 is 0 Å². The van der Waals surface area contributed by atoms with Gasteiger partial charge in [0.1, 0.15) is 5.82 Å². The van der Waals surface area contributed by atoms with Crippen molar-refractivity contribution in [3.8, 4) is 0 Å². The highest BCUT2D eigenvalue weighted by Gasteiger charge is 2.23. The van der Waals surface area contributed by atoms with Gasteiger partial charge in [0.15, 0.2) is 0 Å². The number of hydrogen-bond donors (Lipinski definition) is 1. The van der Waals surface area contributed by atoms with Gasteiger partial charge in [-0.3, -0.25) is 9.78 Å². The van der Waals surface area contributed by atoms with Crippen molar-refractivity contribution in [2.75, 3.05) is 29.9 Å². The molecule has 0 unspecified atom stereocenters. The molecule has 2 aromatic carbocycles. The van der Waals surface area contributed by atoms with Crippen LogP contribution in [0.2, 0.25) is 10.0 Å². The molecule has 0 aliphatic carbocycles. The first-order chi connectivity index (χ1) is 13.5. The molecular formula is C20H16Cl2FN3OS. The SMILES string of the molecule is O=C(c1cnc2ccc(Cl)cc2c1Nc1ccc(F)c(Cl)c1)N1CCSCC1. The molecule has 1 N–H and O–H groups in total. The molecule has 1 aliphatic heterocycles. The Bertz CT molecular complexity index is 1060. The number of pyridine rings is 1. The smallest absolute Gasteiger partial charge is 0.257 e. The normalized spacial score (nSPS) is 14.3. The average Bonchev–Trinajstić information content (AvgIpc) is 2.71. The molecule has 1 aromatic heterocycles. The average molecular weight is 436 g/mol. The zero-order chi connectivity index (χ0) is 19.7. The number of rotatable bonds is 3. The number of carbonyl (C=O) groups is 1. The number of carbonyl (C=O) groups excluding carboxylic acids is 1. The molecule has 4 nitrogen and oxygen atoms in total. The highest BCUT2D eigenvalue weighted by Crippen LogP contribution is 2.33. The van der Waals surface area contributed by atoms with Gasteiger partial charge in [0, 0.05) is 46.9 Å². The van der Waals surface area contributed by atoms with Crippen molar-refractivity contribution in [1.29, 1.82) is 0 Å². The number of aromatic nitrogens is 1. The molecule has 0 radical (unpaired) electrons. The van der Waals surface area contributed by atoms with E-state index in [2.05, 4.69) is 10.3 Å². The van der Waals surface area contributed by atoms with E-state index in [1.54, 1.807) is 30.5 Å². The summed E-state index contributed by atoms with van der Waals surface area (Å²) in [7, 11) is 0. The van der Waals surface area contributed by atoms with Gasteiger partial charge in [-0.15, -0.1) is 0 Å². The first-order valence-electron chi connectivity index (χ1n) is 8.70. The Morgan fingerprint density at radius 1 is 1.14 bits per heavy atom. The summed E-state index contributed by atoms with van der Waals surface area (Å²) in [6, 6.07) is 9.65. The molecule has 1 amide bonds. The molecule has 3 aromatic rings. The summed E-state index contributed by atoms with van der Waals surface area (Å²) >= 11 is 14.0. The Balaban J connectivity index is 1.83. The third-order valence-corrected chi connectivity index (χ3v) is 6.01. The van der Waals surface area contributed by atoms with Gasteiger partial charge in [-0.1, -0.05) is 23.2 Å². The van der Waals surface area contributed by atoms with Crippen LogP contribution >= 0.6 is 35.0 Å². The Hall–Kier alpha value is -2.02. The molecule has 2 heterocycles. The largest absolute Gasteiger partial charge is 0.354 e. The van der Waals surface area contributed by atoms with E-state index in [9.17, 15) is 9.18 Å². The van der Waals surface area contributed by atoms with Crippen molar-refractivity contribution in [3.63, 3.8) is 0 Å². The van der Waals surface area contributed by atoms with E-state index in [-0.39, 0.29) is 10.9 Å².